The third-order valence-electron chi connectivity index (χ3n) is 0.744. The Morgan fingerprint density at radius 3 is 1.45 bits per heavy atom. The van der Waals surface area contributed by atoms with Crippen LogP contribution in [0.2, 0.25) is 0 Å². The Bertz CT molecular complexity index is 280. The summed E-state index contributed by atoms with van der Waals surface area (Å²) in [7, 11) is -7.81. The van der Waals surface area contributed by atoms with Crippen LogP contribution >= 0.6 is 0 Å². The van der Waals surface area contributed by atoms with E-state index in [2.05, 4.69) is 8.37 Å². The summed E-state index contributed by atoms with van der Waals surface area (Å²) in [5.74, 6) is 0. The van der Waals surface area contributed by atoms with Gasteiger partial charge >= 0.3 is 0 Å². The minimum absolute atomic E-state index is 0. The van der Waals surface area contributed by atoms with Gasteiger partial charge in [-0.05, 0) is 0 Å². The molecule has 0 amide bonds. The average Bonchev–Trinajstić information content (AvgIpc) is 1.56. The Kier molecular flexibility index (Phi) is 3.96. The third-order valence-corrected chi connectivity index (χ3v) is 3.96. The summed E-state index contributed by atoms with van der Waals surface area (Å²) >= 11 is 0. The first-order valence-corrected chi connectivity index (χ1v) is 5.31. The summed E-state index contributed by atoms with van der Waals surface area (Å²) in [5, 5.41) is -1.10. The monoisotopic (exact) mass is 211 g/mol. The standard InChI is InChI=1S/C2H4O6S2.Na/c3-9(4)2-10(5,6)8-1-7-9;/h1-2H2;. The quantitative estimate of drug-likeness (QED) is 0.348. The molecule has 1 saturated heterocycles. The predicted molar refractivity (Wildman–Crippen MR) is 35.5 cm³/mol. The summed E-state index contributed by atoms with van der Waals surface area (Å²) in [4.78, 5) is 0. The van der Waals surface area contributed by atoms with Crippen LogP contribution in [0.4, 0.5) is 0 Å². The zero-order valence-corrected chi connectivity index (χ0v) is 9.31. The van der Waals surface area contributed by atoms with E-state index in [4.69, 9.17) is 0 Å². The third kappa shape index (κ3) is 3.83. The van der Waals surface area contributed by atoms with Crippen LogP contribution in [0.1, 0.15) is 0 Å². The van der Waals surface area contributed by atoms with Crippen LogP contribution in [0, 0.1) is 0 Å². The second-order valence-electron chi connectivity index (χ2n) is 1.59. The molecular weight excluding hydrogens is 207 g/mol. The molecule has 0 unspecified atom stereocenters. The molecule has 0 aliphatic carbocycles. The SMILES string of the molecule is O=S1(=O)CS(=O)(=O)OCO1.[Na]. The maximum Gasteiger partial charge on any atom is 0.286 e. The molecule has 1 aliphatic heterocycles. The molecule has 1 radical (unpaired) electrons. The van der Waals surface area contributed by atoms with E-state index in [1.165, 1.54) is 0 Å². The zero-order valence-electron chi connectivity index (χ0n) is 5.68. The molecule has 6 nitrogen and oxygen atoms in total. The average molecular weight is 211 g/mol. The van der Waals surface area contributed by atoms with E-state index < -0.39 is 32.1 Å². The molecule has 0 aromatic carbocycles. The van der Waals surface area contributed by atoms with Gasteiger partial charge < -0.3 is 0 Å². The van der Waals surface area contributed by atoms with Gasteiger partial charge in [-0.3, -0.25) is 0 Å². The van der Waals surface area contributed by atoms with E-state index in [0.717, 1.165) is 0 Å². The van der Waals surface area contributed by atoms with Crippen LogP contribution in [-0.2, 0) is 28.6 Å². The van der Waals surface area contributed by atoms with E-state index in [0.29, 0.717) is 0 Å². The summed E-state index contributed by atoms with van der Waals surface area (Å²) in [6.07, 6.45) is 0. The van der Waals surface area contributed by atoms with Gasteiger partial charge in [0.15, 0.2) is 6.79 Å². The predicted octanol–water partition coefficient (Wildman–Crippen LogP) is -1.77. The molecule has 0 atom stereocenters. The molecule has 9 heteroatoms. The Balaban J connectivity index is 0.000001000. The van der Waals surface area contributed by atoms with E-state index >= 15 is 0 Å². The van der Waals surface area contributed by atoms with Gasteiger partial charge in [0.05, 0.1) is 0 Å². The van der Waals surface area contributed by atoms with Gasteiger partial charge in [-0.1, -0.05) is 0 Å². The normalized spacial score (nSPS) is 26.9. The van der Waals surface area contributed by atoms with Crippen molar-refractivity contribution in [2.75, 3.05) is 11.9 Å². The van der Waals surface area contributed by atoms with Crippen molar-refractivity contribution in [2.45, 2.75) is 0 Å². The molecule has 0 saturated carbocycles. The van der Waals surface area contributed by atoms with Crippen molar-refractivity contribution in [1.29, 1.82) is 0 Å². The number of hydrogen-bond acceptors (Lipinski definition) is 6. The summed E-state index contributed by atoms with van der Waals surface area (Å²) < 4.78 is 49.5. The Morgan fingerprint density at radius 2 is 1.27 bits per heavy atom. The van der Waals surface area contributed by atoms with Gasteiger partial charge in [0.1, 0.15) is 0 Å². The van der Waals surface area contributed by atoms with E-state index in [1.54, 1.807) is 0 Å². The first kappa shape index (κ1) is 11.8. The fraction of sp³-hybridized carbons (Fsp3) is 1.00. The molecular formula is C2H4NaO6S2. The second-order valence-corrected chi connectivity index (χ2v) is 5.23. The second kappa shape index (κ2) is 3.69. The Labute approximate surface area is 86.4 Å². The van der Waals surface area contributed by atoms with Crippen molar-refractivity contribution in [3.05, 3.63) is 0 Å². The van der Waals surface area contributed by atoms with Crippen LogP contribution in [-0.4, -0.2) is 58.3 Å². The minimum atomic E-state index is -3.90. The van der Waals surface area contributed by atoms with E-state index in [1.807, 2.05) is 0 Å². The van der Waals surface area contributed by atoms with E-state index in [9.17, 15) is 16.8 Å². The molecule has 0 spiro atoms. The molecule has 1 heterocycles. The van der Waals surface area contributed by atoms with Crippen LogP contribution < -0.4 is 0 Å². The van der Waals surface area contributed by atoms with Crippen LogP contribution in [0.15, 0.2) is 0 Å². The molecule has 0 bridgehead atoms. The molecule has 1 aliphatic rings. The van der Waals surface area contributed by atoms with Crippen molar-refractivity contribution >= 4 is 49.8 Å². The van der Waals surface area contributed by atoms with Gasteiger partial charge in [-0.2, -0.15) is 16.8 Å². The summed E-state index contributed by atoms with van der Waals surface area (Å²) in [6, 6.07) is 0. The van der Waals surface area contributed by atoms with Crippen molar-refractivity contribution in [3.63, 3.8) is 0 Å². The van der Waals surface area contributed by atoms with Crippen molar-refractivity contribution in [2.24, 2.45) is 0 Å². The Morgan fingerprint density at radius 1 is 0.909 bits per heavy atom. The smallest absolute Gasteiger partial charge is 0.239 e. The van der Waals surface area contributed by atoms with Gasteiger partial charge in [0.25, 0.3) is 20.2 Å². The van der Waals surface area contributed by atoms with Gasteiger partial charge in [0, 0.05) is 29.6 Å². The molecule has 1 fully saturated rings. The van der Waals surface area contributed by atoms with Crippen molar-refractivity contribution < 1.29 is 25.2 Å². The molecule has 11 heavy (non-hydrogen) atoms. The van der Waals surface area contributed by atoms with Crippen molar-refractivity contribution in [1.82, 2.24) is 0 Å². The van der Waals surface area contributed by atoms with Crippen LogP contribution in [0.25, 0.3) is 0 Å². The molecule has 0 N–H and O–H groups in total. The van der Waals surface area contributed by atoms with Gasteiger partial charge in [0.2, 0.25) is 5.08 Å². The van der Waals surface area contributed by atoms with Gasteiger partial charge in [-0.15, -0.1) is 0 Å². The molecule has 0 aromatic heterocycles. The van der Waals surface area contributed by atoms with Gasteiger partial charge in [-0.25, -0.2) is 8.37 Å². The summed E-state index contributed by atoms with van der Waals surface area (Å²) in [5.41, 5.74) is 0. The maximum atomic E-state index is 10.4. The minimum Gasteiger partial charge on any atom is -0.239 e. The molecule has 0 aromatic rings. The molecule has 61 valence electrons. The van der Waals surface area contributed by atoms with Crippen molar-refractivity contribution in [3.8, 4) is 0 Å². The fourth-order valence-electron chi connectivity index (χ4n) is 0.411. The maximum absolute atomic E-state index is 10.4. The summed E-state index contributed by atoms with van der Waals surface area (Å²) in [6.45, 7) is -0.745. The van der Waals surface area contributed by atoms with Crippen LogP contribution in [0.5, 0.6) is 0 Å². The number of rotatable bonds is 0. The number of hydrogen-bond donors (Lipinski definition) is 0. The first-order valence-electron chi connectivity index (χ1n) is 2.15. The first-order chi connectivity index (χ1) is 4.41. The Hall–Kier alpha value is 0.820. The largest absolute Gasteiger partial charge is 0.286 e. The zero-order chi connectivity index (χ0) is 7.83. The topological polar surface area (TPSA) is 86.7 Å². The van der Waals surface area contributed by atoms with E-state index in [-0.39, 0.29) is 29.6 Å². The van der Waals surface area contributed by atoms with Crippen LogP contribution in [0.3, 0.4) is 0 Å². The fourth-order valence-corrected chi connectivity index (χ4v) is 2.82. The molecule has 1 rings (SSSR count).